The number of rotatable bonds is 14. The number of esters is 2. The zero-order valence-electron chi connectivity index (χ0n) is 17.4. The number of unbranched alkanes of at least 4 members (excludes halogenated alkanes) is 2. The van der Waals surface area contributed by atoms with Crippen molar-refractivity contribution in [3.63, 3.8) is 0 Å². The van der Waals surface area contributed by atoms with Crippen LogP contribution in [0.25, 0.3) is 0 Å². The third-order valence-corrected chi connectivity index (χ3v) is 4.67. The first kappa shape index (κ1) is 23.9. The van der Waals surface area contributed by atoms with Crippen molar-refractivity contribution in [2.75, 3.05) is 13.2 Å². The first-order valence-corrected chi connectivity index (χ1v) is 10.1. The minimum Gasteiger partial charge on any atom is -0.465 e. The Balaban J connectivity index is 4.34. The molecule has 0 spiro atoms. The van der Waals surface area contributed by atoms with E-state index < -0.39 is 0 Å². The first-order chi connectivity index (χ1) is 11.8. The molecule has 0 aromatic rings. The molecule has 0 saturated carbocycles. The van der Waals surface area contributed by atoms with Gasteiger partial charge in [0.1, 0.15) is 0 Å². The van der Waals surface area contributed by atoms with Crippen LogP contribution in [0, 0.1) is 17.3 Å². The van der Waals surface area contributed by atoms with Gasteiger partial charge in [-0.2, -0.15) is 0 Å². The number of carbonyl (C=O) groups is 2. The van der Waals surface area contributed by atoms with E-state index in [4.69, 9.17) is 9.47 Å². The lowest BCUT2D eigenvalue weighted by atomic mass is 9.95. The van der Waals surface area contributed by atoms with Crippen LogP contribution in [0.2, 0.25) is 0 Å². The zero-order chi connectivity index (χ0) is 19.3. The minimum absolute atomic E-state index is 0.0168. The van der Waals surface area contributed by atoms with Gasteiger partial charge in [0, 0.05) is 5.41 Å². The summed E-state index contributed by atoms with van der Waals surface area (Å²) in [5.41, 5.74) is -0.364. The highest BCUT2D eigenvalue weighted by molar-refractivity contribution is 5.73. The Morgan fingerprint density at radius 2 is 1.12 bits per heavy atom. The summed E-state index contributed by atoms with van der Waals surface area (Å²) in [6.07, 6.45) is 7.65. The van der Waals surface area contributed by atoms with Crippen molar-refractivity contribution in [1.82, 2.24) is 0 Å². The Labute approximate surface area is 155 Å². The Kier molecular flexibility index (Phi) is 12.6. The molecule has 0 heterocycles. The van der Waals surface area contributed by atoms with Crippen molar-refractivity contribution in [2.45, 2.75) is 92.9 Å². The first-order valence-electron chi connectivity index (χ1n) is 10.1. The summed E-state index contributed by atoms with van der Waals surface area (Å²) in [5.74, 6) is -0.275. The molecule has 0 aromatic carbocycles. The third-order valence-electron chi connectivity index (χ3n) is 4.67. The maximum absolute atomic E-state index is 12.2. The van der Waals surface area contributed by atoms with Crippen LogP contribution in [0.3, 0.4) is 0 Å². The molecular formula is C21H40O4. The van der Waals surface area contributed by atoms with E-state index >= 15 is 0 Å². The predicted molar refractivity (Wildman–Crippen MR) is 102 cm³/mol. The Morgan fingerprint density at radius 3 is 1.40 bits per heavy atom. The van der Waals surface area contributed by atoms with Crippen molar-refractivity contribution in [2.24, 2.45) is 17.3 Å². The molecular weight excluding hydrogens is 316 g/mol. The van der Waals surface area contributed by atoms with E-state index in [0.29, 0.717) is 0 Å². The lowest BCUT2D eigenvalue weighted by molar-refractivity contribution is -0.158. The van der Waals surface area contributed by atoms with Gasteiger partial charge in [-0.3, -0.25) is 9.59 Å². The topological polar surface area (TPSA) is 52.6 Å². The van der Waals surface area contributed by atoms with Gasteiger partial charge in [0.2, 0.25) is 0 Å². The maximum atomic E-state index is 12.2. The summed E-state index contributed by atoms with van der Waals surface area (Å²) < 4.78 is 11.0. The smallest absolute Gasteiger partial charge is 0.308 e. The highest BCUT2D eigenvalue weighted by Gasteiger charge is 2.27. The van der Waals surface area contributed by atoms with Crippen LogP contribution in [-0.2, 0) is 19.1 Å². The molecule has 4 nitrogen and oxygen atoms in total. The molecule has 0 saturated heterocycles. The average Bonchev–Trinajstić information content (AvgIpc) is 2.59. The number of carbonyl (C=O) groups excluding carboxylic acids is 2. The fraction of sp³-hybridized carbons (Fsp3) is 0.905. The Hall–Kier alpha value is -1.06. The van der Waals surface area contributed by atoms with Gasteiger partial charge in [-0.05, 0) is 25.7 Å². The standard InChI is InChI=1S/C21H40O4/c1-7-11-13-17(9-3)19(22)24-15-21(5,6)16-25-20(23)18(10-4)14-12-8-2/h17-18H,7-16H2,1-6H3/t17-,18-/m1/s1. The molecule has 0 rings (SSSR count). The molecule has 0 bridgehead atoms. The highest BCUT2D eigenvalue weighted by Crippen LogP contribution is 2.21. The molecule has 2 atom stereocenters. The molecule has 4 heteroatoms. The van der Waals surface area contributed by atoms with E-state index in [1.165, 1.54) is 0 Å². The van der Waals surface area contributed by atoms with E-state index in [1.807, 2.05) is 27.7 Å². The van der Waals surface area contributed by atoms with Gasteiger partial charge >= 0.3 is 11.9 Å². The average molecular weight is 357 g/mol. The molecule has 0 amide bonds. The summed E-state index contributed by atoms with van der Waals surface area (Å²) in [5, 5.41) is 0. The van der Waals surface area contributed by atoms with Gasteiger partial charge in [-0.15, -0.1) is 0 Å². The van der Waals surface area contributed by atoms with Crippen LogP contribution >= 0.6 is 0 Å². The van der Waals surface area contributed by atoms with Crippen LogP contribution < -0.4 is 0 Å². The van der Waals surface area contributed by atoms with Gasteiger partial charge < -0.3 is 9.47 Å². The minimum atomic E-state index is -0.364. The molecule has 0 radical (unpaired) electrons. The molecule has 25 heavy (non-hydrogen) atoms. The van der Waals surface area contributed by atoms with Crippen molar-refractivity contribution in [3.8, 4) is 0 Å². The van der Waals surface area contributed by atoms with Crippen LogP contribution in [0.4, 0.5) is 0 Å². The summed E-state index contributed by atoms with van der Waals surface area (Å²) in [6.45, 7) is 12.8. The number of ether oxygens (including phenoxy) is 2. The van der Waals surface area contributed by atoms with E-state index in [2.05, 4.69) is 13.8 Å². The molecule has 0 aromatic heterocycles. The largest absolute Gasteiger partial charge is 0.465 e. The summed E-state index contributed by atoms with van der Waals surface area (Å²) in [6, 6.07) is 0. The second-order valence-electron chi connectivity index (χ2n) is 7.87. The Morgan fingerprint density at radius 1 is 0.760 bits per heavy atom. The second-order valence-corrected chi connectivity index (χ2v) is 7.87. The lowest BCUT2D eigenvalue weighted by Gasteiger charge is -2.26. The van der Waals surface area contributed by atoms with Crippen LogP contribution in [0.1, 0.15) is 92.9 Å². The fourth-order valence-corrected chi connectivity index (χ4v) is 2.69. The quantitative estimate of drug-likeness (QED) is 0.384. The van der Waals surface area contributed by atoms with Crippen LogP contribution in [0.5, 0.6) is 0 Å². The van der Waals surface area contributed by atoms with E-state index in [1.54, 1.807) is 0 Å². The zero-order valence-corrected chi connectivity index (χ0v) is 17.4. The summed E-state index contributed by atoms with van der Waals surface area (Å²) in [4.78, 5) is 24.4. The molecule has 0 aliphatic carbocycles. The Bertz CT molecular complexity index is 342. The molecule has 148 valence electrons. The van der Waals surface area contributed by atoms with E-state index in [-0.39, 0.29) is 42.4 Å². The third kappa shape index (κ3) is 10.5. The SMILES string of the molecule is CCCC[C@@H](CC)C(=O)OCC(C)(C)COC(=O)[C@H](CC)CCCC. The van der Waals surface area contributed by atoms with Gasteiger partial charge in [0.25, 0.3) is 0 Å². The van der Waals surface area contributed by atoms with Crippen LogP contribution in [-0.4, -0.2) is 25.2 Å². The van der Waals surface area contributed by atoms with Crippen molar-refractivity contribution in [3.05, 3.63) is 0 Å². The normalized spacial score (nSPS) is 14.0. The van der Waals surface area contributed by atoms with Gasteiger partial charge in [-0.1, -0.05) is 67.2 Å². The monoisotopic (exact) mass is 356 g/mol. The van der Waals surface area contributed by atoms with Gasteiger partial charge in [0.05, 0.1) is 25.0 Å². The van der Waals surface area contributed by atoms with Gasteiger partial charge in [-0.25, -0.2) is 0 Å². The van der Waals surface area contributed by atoms with Crippen molar-refractivity contribution in [1.29, 1.82) is 0 Å². The number of hydrogen-bond donors (Lipinski definition) is 0. The van der Waals surface area contributed by atoms with Crippen LogP contribution in [0.15, 0.2) is 0 Å². The van der Waals surface area contributed by atoms with Crippen molar-refractivity contribution < 1.29 is 19.1 Å². The van der Waals surface area contributed by atoms with Crippen molar-refractivity contribution >= 4 is 11.9 Å². The summed E-state index contributed by atoms with van der Waals surface area (Å²) in [7, 11) is 0. The highest BCUT2D eigenvalue weighted by atomic mass is 16.5. The molecule has 0 aliphatic heterocycles. The van der Waals surface area contributed by atoms with E-state index in [9.17, 15) is 9.59 Å². The molecule has 0 aliphatic rings. The van der Waals surface area contributed by atoms with Gasteiger partial charge in [0.15, 0.2) is 0 Å². The molecule has 0 N–H and O–H groups in total. The number of hydrogen-bond acceptors (Lipinski definition) is 4. The summed E-state index contributed by atoms with van der Waals surface area (Å²) >= 11 is 0. The predicted octanol–water partition coefficient (Wildman–Crippen LogP) is 5.53. The maximum Gasteiger partial charge on any atom is 0.308 e. The molecule has 0 unspecified atom stereocenters. The van der Waals surface area contributed by atoms with E-state index in [0.717, 1.165) is 51.4 Å². The second kappa shape index (κ2) is 13.2. The fourth-order valence-electron chi connectivity index (χ4n) is 2.69. The molecule has 0 fully saturated rings. The lowest BCUT2D eigenvalue weighted by Crippen LogP contribution is -2.31.